The summed E-state index contributed by atoms with van der Waals surface area (Å²) in [6.07, 6.45) is 10.1. The Bertz CT molecular complexity index is 223. The number of hydrogen-bond acceptors (Lipinski definition) is 2. The molecule has 0 aromatic carbocycles. The Balaban J connectivity index is 2.26. The van der Waals surface area contributed by atoms with Crippen LogP contribution in [0.4, 0.5) is 0 Å². The summed E-state index contributed by atoms with van der Waals surface area (Å²) in [7, 11) is 0. The van der Waals surface area contributed by atoms with Crippen LogP contribution in [0.3, 0.4) is 0 Å². The second kappa shape index (κ2) is 6.78. The molecule has 1 aliphatic rings. The maximum atomic E-state index is 11.4. The number of ketones is 1. The summed E-state index contributed by atoms with van der Waals surface area (Å²) >= 11 is 0. The van der Waals surface area contributed by atoms with Crippen molar-refractivity contribution in [3.63, 3.8) is 0 Å². The Morgan fingerprint density at radius 2 is 2.33 bits per heavy atom. The second-order valence-corrected chi connectivity index (χ2v) is 4.49. The van der Waals surface area contributed by atoms with Gasteiger partial charge in [-0.2, -0.15) is 0 Å². The van der Waals surface area contributed by atoms with Crippen LogP contribution in [0.5, 0.6) is 0 Å². The number of allylic oxidation sites excluding steroid dienone is 1. The van der Waals surface area contributed by atoms with Crippen molar-refractivity contribution in [3.8, 4) is 0 Å². The molecule has 2 heteroatoms. The van der Waals surface area contributed by atoms with E-state index in [9.17, 15) is 4.79 Å². The van der Waals surface area contributed by atoms with Crippen LogP contribution in [0.15, 0.2) is 12.2 Å². The largest absolute Gasteiger partial charge is 0.313 e. The summed E-state index contributed by atoms with van der Waals surface area (Å²) in [5.74, 6) is 0.552. The smallest absolute Gasteiger partial charge is 0.134 e. The molecule has 0 aromatic heterocycles. The average Bonchev–Trinajstić information content (AvgIpc) is 2.25. The summed E-state index contributed by atoms with van der Waals surface area (Å²) < 4.78 is 0. The minimum Gasteiger partial charge on any atom is -0.313 e. The van der Waals surface area contributed by atoms with Crippen molar-refractivity contribution in [3.05, 3.63) is 12.2 Å². The van der Waals surface area contributed by atoms with Gasteiger partial charge in [0.2, 0.25) is 0 Å². The van der Waals surface area contributed by atoms with Crippen molar-refractivity contribution in [1.29, 1.82) is 0 Å². The van der Waals surface area contributed by atoms with Gasteiger partial charge in [-0.05, 0) is 32.6 Å². The summed E-state index contributed by atoms with van der Waals surface area (Å²) in [5, 5.41) is 3.52. The van der Waals surface area contributed by atoms with Crippen LogP contribution >= 0.6 is 0 Å². The predicted octanol–water partition coefficient (Wildman–Crippen LogP) is 2.69. The number of carbonyl (C=O) groups excluding carboxylic acids is 1. The molecule has 0 fully saturated rings. The van der Waals surface area contributed by atoms with Crippen molar-refractivity contribution >= 4 is 5.78 Å². The van der Waals surface area contributed by atoms with Gasteiger partial charge < -0.3 is 5.32 Å². The first-order valence-corrected chi connectivity index (χ1v) is 6.12. The van der Waals surface area contributed by atoms with E-state index in [1.807, 2.05) is 0 Å². The molecule has 15 heavy (non-hydrogen) atoms. The lowest BCUT2D eigenvalue weighted by Gasteiger charge is -2.22. The highest BCUT2D eigenvalue weighted by atomic mass is 16.1. The lowest BCUT2D eigenvalue weighted by Crippen LogP contribution is -2.35. The standard InChI is InChI=1S/C13H23NO/c1-3-7-12(11(2)15)10-14-13-8-5-4-6-9-13/h4-5,12-14H,3,6-10H2,1-2H3. The van der Waals surface area contributed by atoms with Crippen molar-refractivity contribution in [1.82, 2.24) is 5.32 Å². The Morgan fingerprint density at radius 3 is 2.87 bits per heavy atom. The monoisotopic (exact) mass is 209 g/mol. The molecule has 0 radical (unpaired) electrons. The summed E-state index contributed by atoms with van der Waals surface area (Å²) in [5.41, 5.74) is 0. The third-order valence-corrected chi connectivity index (χ3v) is 3.13. The maximum absolute atomic E-state index is 11.4. The molecule has 0 saturated carbocycles. The molecule has 0 aromatic rings. The molecule has 2 unspecified atom stereocenters. The van der Waals surface area contributed by atoms with E-state index in [1.54, 1.807) is 6.92 Å². The van der Waals surface area contributed by atoms with Gasteiger partial charge in [0.15, 0.2) is 0 Å². The van der Waals surface area contributed by atoms with E-state index >= 15 is 0 Å². The molecule has 0 bridgehead atoms. The first-order valence-electron chi connectivity index (χ1n) is 6.12. The highest BCUT2D eigenvalue weighted by molar-refractivity contribution is 5.78. The Morgan fingerprint density at radius 1 is 1.53 bits per heavy atom. The topological polar surface area (TPSA) is 29.1 Å². The maximum Gasteiger partial charge on any atom is 0.134 e. The van der Waals surface area contributed by atoms with E-state index in [0.29, 0.717) is 11.8 Å². The molecule has 2 atom stereocenters. The first-order chi connectivity index (χ1) is 7.24. The van der Waals surface area contributed by atoms with E-state index in [2.05, 4.69) is 24.4 Å². The van der Waals surface area contributed by atoms with Crippen LogP contribution in [0.1, 0.15) is 46.0 Å². The normalized spacial score (nSPS) is 22.7. The first kappa shape index (κ1) is 12.4. The molecule has 1 aliphatic carbocycles. The van der Waals surface area contributed by atoms with Crippen LogP contribution in [-0.2, 0) is 4.79 Å². The fraction of sp³-hybridized carbons (Fsp3) is 0.769. The van der Waals surface area contributed by atoms with E-state index in [0.717, 1.165) is 25.8 Å². The molecule has 0 amide bonds. The number of Topliss-reactive ketones (excluding diaryl/α,β-unsaturated/α-hetero) is 1. The van der Waals surface area contributed by atoms with Crippen LogP contribution in [0.25, 0.3) is 0 Å². The number of rotatable bonds is 6. The summed E-state index contributed by atoms with van der Waals surface area (Å²) in [6, 6.07) is 0.591. The lowest BCUT2D eigenvalue weighted by molar-refractivity contribution is -0.120. The molecular formula is C13H23NO. The van der Waals surface area contributed by atoms with Gasteiger partial charge in [-0.15, -0.1) is 0 Å². The van der Waals surface area contributed by atoms with Gasteiger partial charge >= 0.3 is 0 Å². The summed E-state index contributed by atoms with van der Waals surface area (Å²) in [4.78, 5) is 11.4. The van der Waals surface area contributed by atoms with E-state index < -0.39 is 0 Å². The average molecular weight is 209 g/mol. The highest BCUT2D eigenvalue weighted by Gasteiger charge is 2.15. The van der Waals surface area contributed by atoms with Crippen LogP contribution < -0.4 is 5.32 Å². The van der Waals surface area contributed by atoms with Crippen molar-refractivity contribution in [2.75, 3.05) is 6.54 Å². The molecular weight excluding hydrogens is 186 g/mol. The quantitative estimate of drug-likeness (QED) is 0.681. The zero-order valence-electron chi connectivity index (χ0n) is 9.96. The van der Waals surface area contributed by atoms with Crippen LogP contribution in [-0.4, -0.2) is 18.4 Å². The molecule has 0 heterocycles. The third kappa shape index (κ3) is 4.61. The number of nitrogens with one attached hydrogen (secondary N) is 1. The van der Waals surface area contributed by atoms with E-state index in [4.69, 9.17) is 0 Å². The van der Waals surface area contributed by atoms with Gasteiger partial charge in [-0.1, -0.05) is 25.5 Å². The zero-order chi connectivity index (χ0) is 11.1. The Labute approximate surface area is 93.1 Å². The van der Waals surface area contributed by atoms with E-state index in [-0.39, 0.29) is 5.92 Å². The molecule has 0 spiro atoms. The zero-order valence-corrected chi connectivity index (χ0v) is 9.96. The molecule has 0 saturated heterocycles. The fourth-order valence-electron chi connectivity index (χ4n) is 2.09. The number of hydrogen-bond donors (Lipinski definition) is 1. The molecule has 2 nitrogen and oxygen atoms in total. The van der Waals surface area contributed by atoms with Gasteiger partial charge in [-0.3, -0.25) is 4.79 Å². The van der Waals surface area contributed by atoms with Gasteiger partial charge in [-0.25, -0.2) is 0 Å². The molecule has 1 N–H and O–H groups in total. The van der Waals surface area contributed by atoms with Gasteiger partial charge in [0.25, 0.3) is 0 Å². The van der Waals surface area contributed by atoms with Gasteiger partial charge in [0, 0.05) is 18.5 Å². The van der Waals surface area contributed by atoms with Crippen LogP contribution in [0, 0.1) is 5.92 Å². The minimum absolute atomic E-state index is 0.223. The lowest BCUT2D eigenvalue weighted by atomic mass is 9.97. The Hall–Kier alpha value is -0.630. The molecule has 86 valence electrons. The van der Waals surface area contributed by atoms with Gasteiger partial charge in [0.05, 0.1) is 0 Å². The highest BCUT2D eigenvalue weighted by Crippen LogP contribution is 2.12. The third-order valence-electron chi connectivity index (χ3n) is 3.13. The van der Waals surface area contributed by atoms with Crippen molar-refractivity contribution in [2.24, 2.45) is 5.92 Å². The van der Waals surface area contributed by atoms with Crippen molar-refractivity contribution in [2.45, 2.75) is 52.0 Å². The number of carbonyl (C=O) groups is 1. The van der Waals surface area contributed by atoms with Crippen molar-refractivity contribution < 1.29 is 4.79 Å². The van der Waals surface area contributed by atoms with Crippen LogP contribution in [0.2, 0.25) is 0 Å². The SMILES string of the molecule is CCCC(CNC1CC=CCC1)C(C)=O. The van der Waals surface area contributed by atoms with Gasteiger partial charge in [0.1, 0.15) is 5.78 Å². The molecule has 1 rings (SSSR count). The summed E-state index contributed by atoms with van der Waals surface area (Å²) in [6.45, 7) is 4.71. The second-order valence-electron chi connectivity index (χ2n) is 4.49. The van der Waals surface area contributed by atoms with E-state index in [1.165, 1.54) is 12.8 Å². The minimum atomic E-state index is 0.223. The Kier molecular flexibility index (Phi) is 5.62. The fourth-order valence-corrected chi connectivity index (χ4v) is 2.09. The molecule has 0 aliphatic heterocycles. The predicted molar refractivity (Wildman–Crippen MR) is 63.9 cm³/mol.